The van der Waals surface area contributed by atoms with Gasteiger partial charge in [-0.2, -0.15) is 0 Å². The Kier molecular flexibility index (Phi) is 2.69. The number of halogens is 1. The standard InChI is InChI=1S/C9H14BrN3/c1-12-8(10)6-11-9(12)7-13-4-2-3-5-13/h6H,2-5,7H2,1H3. The Bertz CT molecular complexity index is 289. The summed E-state index contributed by atoms with van der Waals surface area (Å²) >= 11 is 3.45. The van der Waals surface area contributed by atoms with Crippen LogP contribution in [0.3, 0.4) is 0 Å². The first-order valence-corrected chi connectivity index (χ1v) is 5.45. The van der Waals surface area contributed by atoms with Crippen LogP contribution in [0.25, 0.3) is 0 Å². The van der Waals surface area contributed by atoms with Crippen LogP contribution in [0, 0.1) is 0 Å². The first kappa shape index (κ1) is 9.21. The third-order valence-corrected chi connectivity index (χ3v) is 3.33. The van der Waals surface area contributed by atoms with E-state index in [2.05, 4.69) is 30.4 Å². The van der Waals surface area contributed by atoms with E-state index in [-0.39, 0.29) is 0 Å². The van der Waals surface area contributed by atoms with Crippen molar-refractivity contribution in [2.45, 2.75) is 19.4 Å². The van der Waals surface area contributed by atoms with Gasteiger partial charge in [-0.15, -0.1) is 0 Å². The van der Waals surface area contributed by atoms with Gasteiger partial charge >= 0.3 is 0 Å². The zero-order chi connectivity index (χ0) is 9.26. The van der Waals surface area contributed by atoms with Crippen LogP contribution < -0.4 is 0 Å². The molecule has 1 aliphatic rings. The molecule has 1 aromatic heterocycles. The Morgan fingerprint density at radius 3 is 2.69 bits per heavy atom. The van der Waals surface area contributed by atoms with Gasteiger partial charge in [0, 0.05) is 7.05 Å². The third kappa shape index (κ3) is 1.94. The molecule has 0 radical (unpaired) electrons. The van der Waals surface area contributed by atoms with Gasteiger partial charge in [0.2, 0.25) is 0 Å². The minimum absolute atomic E-state index is 0.988. The smallest absolute Gasteiger partial charge is 0.123 e. The largest absolute Gasteiger partial charge is 0.325 e. The van der Waals surface area contributed by atoms with Gasteiger partial charge in [0.25, 0.3) is 0 Å². The zero-order valence-corrected chi connectivity index (χ0v) is 9.42. The van der Waals surface area contributed by atoms with Crippen molar-refractivity contribution in [1.82, 2.24) is 14.5 Å². The minimum Gasteiger partial charge on any atom is -0.325 e. The third-order valence-electron chi connectivity index (χ3n) is 2.59. The fraction of sp³-hybridized carbons (Fsp3) is 0.667. The molecule has 72 valence electrons. The molecule has 1 aliphatic heterocycles. The number of nitrogens with zero attached hydrogens (tertiary/aromatic N) is 3. The fourth-order valence-corrected chi connectivity index (χ4v) is 2.02. The highest BCUT2D eigenvalue weighted by Gasteiger charge is 2.14. The van der Waals surface area contributed by atoms with E-state index < -0.39 is 0 Å². The molecular weight excluding hydrogens is 230 g/mol. The van der Waals surface area contributed by atoms with Crippen LogP contribution in [0.5, 0.6) is 0 Å². The summed E-state index contributed by atoms with van der Waals surface area (Å²) in [6.07, 6.45) is 4.54. The number of aromatic nitrogens is 2. The van der Waals surface area contributed by atoms with Gasteiger partial charge in [-0.05, 0) is 41.9 Å². The lowest BCUT2D eigenvalue weighted by Gasteiger charge is -2.13. The zero-order valence-electron chi connectivity index (χ0n) is 7.83. The van der Waals surface area contributed by atoms with Crippen LogP contribution in [0.4, 0.5) is 0 Å². The molecule has 0 unspecified atom stereocenters. The van der Waals surface area contributed by atoms with Gasteiger partial charge in [-0.3, -0.25) is 4.90 Å². The SMILES string of the molecule is Cn1c(Br)cnc1CN1CCCC1. The molecule has 1 fully saturated rings. The van der Waals surface area contributed by atoms with Crippen molar-refractivity contribution in [3.8, 4) is 0 Å². The average Bonchev–Trinajstić information content (AvgIpc) is 2.71. The van der Waals surface area contributed by atoms with Gasteiger partial charge in [0.15, 0.2) is 0 Å². The molecule has 0 amide bonds. The van der Waals surface area contributed by atoms with E-state index in [0.29, 0.717) is 0 Å². The van der Waals surface area contributed by atoms with Crippen molar-refractivity contribution >= 4 is 15.9 Å². The van der Waals surface area contributed by atoms with Crippen LogP contribution >= 0.6 is 15.9 Å². The summed E-state index contributed by atoms with van der Waals surface area (Å²) in [6.45, 7) is 3.44. The number of rotatable bonds is 2. The second-order valence-electron chi connectivity index (χ2n) is 3.54. The van der Waals surface area contributed by atoms with E-state index in [1.54, 1.807) is 0 Å². The van der Waals surface area contributed by atoms with Crippen molar-refractivity contribution in [2.75, 3.05) is 13.1 Å². The Morgan fingerprint density at radius 1 is 1.46 bits per heavy atom. The average molecular weight is 244 g/mol. The molecule has 1 aromatic rings. The summed E-state index contributed by atoms with van der Waals surface area (Å²) in [4.78, 5) is 6.81. The summed E-state index contributed by atoms with van der Waals surface area (Å²) in [5.74, 6) is 1.15. The Labute approximate surface area is 86.9 Å². The molecule has 0 saturated carbocycles. The van der Waals surface area contributed by atoms with Crippen LogP contribution in [0.1, 0.15) is 18.7 Å². The van der Waals surface area contributed by atoms with E-state index in [4.69, 9.17) is 0 Å². The number of hydrogen-bond donors (Lipinski definition) is 0. The van der Waals surface area contributed by atoms with E-state index >= 15 is 0 Å². The van der Waals surface area contributed by atoms with Gasteiger partial charge in [0.05, 0.1) is 12.7 Å². The molecule has 0 bridgehead atoms. The molecule has 4 heteroatoms. The maximum atomic E-state index is 4.35. The summed E-state index contributed by atoms with van der Waals surface area (Å²) in [5, 5.41) is 0. The van der Waals surface area contributed by atoms with Crippen molar-refractivity contribution < 1.29 is 0 Å². The lowest BCUT2D eigenvalue weighted by Crippen LogP contribution is -2.20. The van der Waals surface area contributed by atoms with Crippen molar-refractivity contribution in [3.63, 3.8) is 0 Å². The molecule has 0 aromatic carbocycles. The topological polar surface area (TPSA) is 21.1 Å². The Morgan fingerprint density at radius 2 is 2.15 bits per heavy atom. The van der Waals surface area contributed by atoms with Crippen LogP contribution in [0.15, 0.2) is 10.8 Å². The van der Waals surface area contributed by atoms with E-state index in [1.165, 1.54) is 25.9 Å². The number of imidazole rings is 1. The van der Waals surface area contributed by atoms with Crippen LogP contribution in [-0.2, 0) is 13.6 Å². The summed E-state index contributed by atoms with van der Waals surface area (Å²) < 4.78 is 3.15. The van der Waals surface area contributed by atoms with Crippen molar-refractivity contribution in [3.05, 3.63) is 16.6 Å². The first-order valence-electron chi connectivity index (χ1n) is 4.66. The van der Waals surface area contributed by atoms with Crippen molar-refractivity contribution in [1.29, 1.82) is 0 Å². The number of hydrogen-bond acceptors (Lipinski definition) is 2. The fourth-order valence-electron chi connectivity index (χ4n) is 1.71. The molecule has 1 saturated heterocycles. The molecule has 0 aliphatic carbocycles. The summed E-state index contributed by atoms with van der Waals surface area (Å²) in [6, 6.07) is 0. The number of likely N-dealkylation sites (tertiary alicyclic amines) is 1. The van der Waals surface area contributed by atoms with E-state index in [9.17, 15) is 0 Å². The highest BCUT2D eigenvalue weighted by molar-refractivity contribution is 9.10. The summed E-state index contributed by atoms with van der Waals surface area (Å²) in [5.41, 5.74) is 0. The highest BCUT2D eigenvalue weighted by atomic mass is 79.9. The van der Waals surface area contributed by atoms with Gasteiger partial charge in [-0.1, -0.05) is 0 Å². The minimum atomic E-state index is 0.988. The molecule has 3 nitrogen and oxygen atoms in total. The van der Waals surface area contributed by atoms with E-state index in [1.807, 2.05) is 13.2 Å². The predicted octanol–water partition coefficient (Wildman–Crippen LogP) is 1.78. The quantitative estimate of drug-likeness (QED) is 0.790. The maximum absolute atomic E-state index is 4.35. The molecule has 0 atom stereocenters. The second-order valence-corrected chi connectivity index (χ2v) is 4.35. The normalized spacial score (nSPS) is 18.3. The Hall–Kier alpha value is -0.350. The monoisotopic (exact) mass is 243 g/mol. The molecule has 2 heterocycles. The predicted molar refractivity (Wildman–Crippen MR) is 55.4 cm³/mol. The van der Waals surface area contributed by atoms with Crippen LogP contribution in [-0.4, -0.2) is 27.5 Å². The van der Waals surface area contributed by atoms with Crippen molar-refractivity contribution in [2.24, 2.45) is 7.05 Å². The van der Waals surface area contributed by atoms with Gasteiger partial charge < -0.3 is 4.57 Å². The highest BCUT2D eigenvalue weighted by Crippen LogP contribution is 2.15. The van der Waals surface area contributed by atoms with Gasteiger partial charge in [0.1, 0.15) is 10.4 Å². The van der Waals surface area contributed by atoms with E-state index in [0.717, 1.165) is 17.0 Å². The van der Waals surface area contributed by atoms with Crippen LogP contribution in [0.2, 0.25) is 0 Å². The lowest BCUT2D eigenvalue weighted by atomic mass is 10.4. The Balaban J connectivity index is 2.04. The first-order chi connectivity index (χ1) is 6.27. The lowest BCUT2D eigenvalue weighted by molar-refractivity contribution is 0.318. The molecule has 2 rings (SSSR count). The molecule has 13 heavy (non-hydrogen) atoms. The summed E-state index contributed by atoms with van der Waals surface area (Å²) in [7, 11) is 2.04. The molecular formula is C9H14BrN3. The molecule has 0 N–H and O–H groups in total. The maximum Gasteiger partial charge on any atom is 0.123 e. The molecule has 0 spiro atoms. The second kappa shape index (κ2) is 3.80. The van der Waals surface area contributed by atoms with Gasteiger partial charge in [-0.25, -0.2) is 4.98 Å².